The zero-order valence-corrected chi connectivity index (χ0v) is 12.2. The normalized spacial score (nSPS) is 10.1. The Hall–Kier alpha value is -1.66. The maximum Gasteiger partial charge on any atom is 0.358 e. The first-order chi connectivity index (χ1) is 9.10. The summed E-state index contributed by atoms with van der Waals surface area (Å²) in [5, 5.41) is 3.65. The van der Waals surface area contributed by atoms with Crippen molar-refractivity contribution in [3.63, 3.8) is 0 Å². The molecule has 0 atom stereocenters. The summed E-state index contributed by atoms with van der Waals surface area (Å²) < 4.78 is 5.37. The van der Waals surface area contributed by atoms with Crippen molar-refractivity contribution in [2.45, 2.75) is 0 Å². The lowest BCUT2D eigenvalue weighted by Gasteiger charge is -2.08. The van der Waals surface area contributed by atoms with Gasteiger partial charge < -0.3 is 10.1 Å². The summed E-state index contributed by atoms with van der Waals surface area (Å²) in [6.07, 6.45) is 2.85. The number of nitrogens with one attached hydrogen (secondary N) is 1. The number of methoxy groups -OCH3 is 1. The number of carbonyl (C=O) groups is 1. The molecular formula is C12H9BrClN3O2. The number of esters is 1. The predicted octanol–water partition coefficient (Wildman–Crippen LogP) is 3.42. The van der Waals surface area contributed by atoms with Crippen LogP contribution in [0.3, 0.4) is 0 Å². The molecule has 19 heavy (non-hydrogen) atoms. The van der Waals surface area contributed by atoms with Crippen molar-refractivity contribution in [1.29, 1.82) is 0 Å². The van der Waals surface area contributed by atoms with E-state index >= 15 is 0 Å². The molecule has 2 rings (SSSR count). The van der Waals surface area contributed by atoms with E-state index in [1.54, 1.807) is 18.2 Å². The zero-order valence-electron chi connectivity index (χ0n) is 9.85. The van der Waals surface area contributed by atoms with E-state index in [0.717, 1.165) is 10.2 Å². The maximum absolute atomic E-state index is 11.4. The lowest BCUT2D eigenvalue weighted by Crippen LogP contribution is -2.06. The number of hydrogen-bond donors (Lipinski definition) is 1. The number of aromatic nitrogens is 2. The Morgan fingerprint density at radius 1 is 1.42 bits per heavy atom. The Morgan fingerprint density at radius 2 is 2.21 bits per heavy atom. The van der Waals surface area contributed by atoms with Crippen molar-refractivity contribution in [3.05, 3.63) is 45.8 Å². The average Bonchev–Trinajstić information content (AvgIpc) is 2.41. The van der Waals surface area contributed by atoms with Gasteiger partial charge >= 0.3 is 5.97 Å². The van der Waals surface area contributed by atoms with E-state index in [9.17, 15) is 4.79 Å². The summed E-state index contributed by atoms with van der Waals surface area (Å²) in [6.45, 7) is 0. The Kier molecular flexibility index (Phi) is 4.34. The van der Waals surface area contributed by atoms with Crippen molar-refractivity contribution in [2.24, 2.45) is 0 Å². The van der Waals surface area contributed by atoms with Gasteiger partial charge in [-0.2, -0.15) is 0 Å². The van der Waals surface area contributed by atoms with Crippen LogP contribution < -0.4 is 5.32 Å². The van der Waals surface area contributed by atoms with Crippen LogP contribution in [-0.4, -0.2) is 23.0 Å². The average molecular weight is 343 g/mol. The minimum atomic E-state index is -0.536. The quantitative estimate of drug-likeness (QED) is 0.866. The van der Waals surface area contributed by atoms with Gasteiger partial charge in [0.1, 0.15) is 5.82 Å². The Balaban J connectivity index is 2.26. The minimum absolute atomic E-state index is 0.137. The molecule has 0 saturated heterocycles. The van der Waals surface area contributed by atoms with E-state index in [2.05, 4.69) is 36.0 Å². The second-order valence-electron chi connectivity index (χ2n) is 3.53. The minimum Gasteiger partial charge on any atom is -0.464 e. The van der Waals surface area contributed by atoms with Gasteiger partial charge in [-0.3, -0.25) is 4.98 Å². The highest BCUT2D eigenvalue weighted by Crippen LogP contribution is 2.27. The lowest BCUT2D eigenvalue weighted by atomic mass is 10.3. The monoisotopic (exact) mass is 341 g/mol. The third-order valence-corrected chi connectivity index (χ3v) is 3.11. The molecule has 1 N–H and O–H groups in total. The molecule has 98 valence electrons. The van der Waals surface area contributed by atoms with Gasteiger partial charge in [-0.05, 0) is 34.1 Å². The Morgan fingerprint density at radius 3 is 2.89 bits per heavy atom. The van der Waals surface area contributed by atoms with Crippen LogP contribution in [0.15, 0.2) is 35.1 Å². The van der Waals surface area contributed by atoms with E-state index in [-0.39, 0.29) is 5.69 Å². The third-order valence-electron chi connectivity index (χ3n) is 2.22. The van der Waals surface area contributed by atoms with Crippen LogP contribution in [0.1, 0.15) is 10.5 Å². The molecule has 0 aliphatic rings. The van der Waals surface area contributed by atoms with Gasteiger partial charge in [0.25, 0.3) is 0 Å². The molecule has 0 fully saturated rings. The summed E-state index contributed by atoms with van der Waals surface area (Å²) in [6, 6.07) is 5.28. The maximum atomic E-state index is 11.4. The third kappa shape index (κ3) is 3.42. The van der Waals surface area contributed by atoms with Crippen molar-refractivity contribution in [2.75, 3.05) is 12.4 Å². The number of benzene rings is 1. The van der Waals surface area contributed by atoms with E-state index in [0.29, 0.717) is 10.8 Å². The molecule has 0 bridgehead atoms. The highest BCUT2D eigenvalue weighted by atomic mass is 79.9. The largest absolute Gasteiger partial charge is 0.464 e. The van der Waals surface area contributed by atoms with Gasteiger partial charge in [0.2, 0.25) is 0 Å². The first-order valence-electron chi connectivity index (χ1n) is 5.22. The van der Waals surface area contributed by atoms with Crippen LogP contribution in [0.2, 0.25) is 5.02 Å². The van der Waals surface area contributed by atoms with E-state index in [4.69, 9.17) is 11.6 Å². The number of hydrogen-bond acceptors (Lipinski definition) is 5. The fraction of sp³-hybridized carbons (Fsp3) is 0.0833. The Labute approximate surface area is 123 Å². The van der Waals surface area contributed by atoms with Crippen LogP contribution in [0.4, 0.5) is 11.5 Å². The van der Waals surface area contributed by atoms with Crippen molar-refractivity contribution < 1.29 is 9.53 Å². The van der Waals surface area contributed by atoms with Gasteiger partial charge in [0.15, 0.2) is 5.69 Å². The lowest BCUT2D eigenvalue weighted by molar-refractivity contribution is 0.0593. The molecule has 0 aliphatic heterocycles. The highest BCUT2D eigenvalue weighted by Gasteiger charge is 2.09. The zero-order chi connectivity index (χ0) is 13.8. The first kappa shape index (κ1) is 13.8. The summed E-state index contributed by atoms with van der Waals surface area (Å²) in [5.41, 5.74) is 0.901. The smallest absolute Gasteiger partial charge is 0.358 e. The van der Waals surface area contributed by atoms with Crippen LogP contribution in [-0.2, 0) is 4.74 Å². The molecule has 5 nitrogen and oxygen atoms in total. The van der Waals surface area contributed by atoms with Gasteiger partial charge in [0.05, 0.1) is 25.2 Å². The molecule has 0 spiro atoms. The van der Waals surface area contributed by atoms with Gasteiger partial charge in [-0.15, -0.1) is 0 Å². The number of anilines is 2. The van der Waals surface area contributed by atoms with Gasteiger partial charge in [-0.25, -0.2) is 9.78 Å². The number of nitrogens with zero attached hydrogens (tertiary/aromatic N) is 2. The summed E-state index contributed by atoms with van der Waals surface area (Å²) in [7, 11) is 1.29. The molecular weight excluding hydrogens is 334 g/mol. The molecule has 2 aromatic rings. The van der Waals surface area contributed by atoms with E-state index < -0.39 is 5.97 Å². The second kappa shape index (κ2) is 5.99. The van der Waals surface area contributed by atoms with Crippen LogP contribution >= 0.6 is 27.5 Å². The van der Waals surface area contributed by atoms with E-state index in [1.165, 1.54) is 19.5 Å². The molecule has 1 aromatic carbocycles. The predicted molar refractivity (Wildman–Crippen MR) is 75.8 cm³/mol. The molecule has 0 amide bonds. The van der Waals surface area contributed by atoms with Gasteiger partial charge in [0, 0.05) is 9.50 Å². The first-order valence-corrected chi connectivity index (χ1v) is 6.39. The van der Waals surface area contributed by atoms with Crippen LogP contribution in [0, 0.1) is 0 Å². The molecule has 0 unspecified atom stereocenters. The fourth-order valence-corrected chi connectivity index (χ4v) is 2.14. The van der Waals surface area contributed by atoms with Gasteiger partial charge in [-0.1, -0.05) is 11.6 Å². The summed E-state index contributed by atoms with van der Waals surface area (Å²) in [4.78, 5) is 19.4. The highest BCUT2D eigenvalue weighted by molar-refractivity contribution is 9.10. The molecule has 1 aromatic heterocycles. The summed E-state index contributed by atoms with van der Waals surface area (Å²) in [5.74, 6) is -0.0998. The van der Waals surface area contributed by atoms with Crippen molar-refractivity contribution in [3.8, 4) is 0 Å². The van der Waals surface area contributed by atoms with Crippen LogP contribution in [0.5, 0.6) is 0 Å². The summed E-state index contributed by atoms with van der Waals surface area (Å²) >= 11 is 9.24. The number of halogens is 2. The van der Waals surface area contributed by atoms with Crippen LogP contribution in [0.25, 0.3) is 0 Å². The number of ether oxygens (including phenoxy) is 1. The molecule has 1 heterocycles. The van der Waals surface area contributed by atoms with Crippen molar-refractivity contribution >= 4 is 45.0 Å². The number of carbonyl (C=O) groups excluding carboxylic acids is 1. The van der Waals surface area contributed by atoms with Crippen molar-refractivity contribution in [1.82, 2.24) is 9.97 Å². The Bertz CT molecular complexity index is 622. The number of rotatable bonds is 3. The fourth-order valence-electron chi connectivity index (χ4n) is 1.36. The molecule has 7 heteroatoms. The topological polar surface area (TPSA) is 64.1 Å². The SMILES string of the molecule is COC(=O)c1cncc(Nc2ccc(Cl)cc2Br)n1. The second-order valence-corrected chi connectivity index (χ2v) is 4.82. The molecule has 0 radical (unpaired) electrons. The molecule has 0 aliphatic carbocycles. The standard InChI is InChI=1S/C12H9BrClN3O2/c1-19-12(18)10-5-15-6-11(17-10)16-9-3-2-7(14)4-8(9)13/h2-6H,1H3,(H,16,17). The van der Waals surface area contributed by atoms with E-state index in [1.807, 2.05) is 0 Å². The molecule has 0 saturated carbocycles.